The molecule has 190 valence electrons. The summed E-state index contributed by atoms with van der Waals surface area (Å²) in [5.74, 6) is 1.93. The summed E-state index contributed by atoms with van der Waals surface area (Å²) in [6.07, 6.45) is 5.70. The number of halogens is 1. The van der Waals surface area contributed by atoms with Crippen molar-refractivity contribution in [3.63, 3.8) is 0 Å². The first-order valence-electron chi connectivity index (χ1n) is 12.1. The maximum absolute atomic E-state index is 12.5. The van der Waals surface area contributed by atoms with E-state index in [9.17, 15) is 9.65 Å². The van der Waals surface area contributed by atoms with Crippen molar-refractivity contribution in [2.45, 2.75) is 19.6 Å². The lowest BCUT2D eigenvalue weighted by Crippen LogP contribution is -2.36. The molecule has 1 aliphatic heterocycles. The second kappa shape index (κ2) is 11.2. The molecule has 1 aliphatic rings. The summed E-state index contributed by atoms with van der Waals surface area (Å²) in [6, 6.07) is 11.9. The maximum atomic E-state index is 12.5. The molecule has 1 saturated heterocycles. The third kappa shape index (κ3) is 5.47. The molecule has 0 aliphatic carbocycles. The molecular formula is C27H27FN6O3. The second-order valence-corrected chi connectivity index (χ2v) is 8.66. The minimum atomic E-state index is -0.469. The Balaban J connectivity index is 1.36. The number of rotatable bonds is 9. The fourth-order valence-corrected chi connectivity index (χ4v) is 4.34. The molecule has 10 heteroatoms. The number of ether oxygens (including phenoxy) is 3. The van der Waals surface area contributed by atoms with Crippen LogP contribution in [0.25, 0.3) is 11.0 Å². The number of methoxy groups -OCH3 is 1. The summed E-state index contributed by atoms with van der Waals surface area (Å²) in [5.41, 5.74) is 4.47. The predicted molar refractivity (Wildman–Crippen MR) is 136 cm³/mol. The summed E-state index contributed by atoms with van der Waals surface area (Å²) in [4.78, 5) is 11.5. The Labute approximate surface area is 214 Å². The summed E-state index contributed by atoms with van der Waals surface area (Å²) < 4.78 is 31.0. The molecule has 0 bridgehead atoms. The number of hydrogen-bond acceptors (Lipinski definition) is 8. The molecule has 0 radical (unpaired) electrons. The van der Waals surface area contributed by atoms with Gasteiger partial charge in [0.2, 0.25) is 0 Å². The van der Waals surface area contributed by atoms with Crippen molar-refractivity contribution >= 4 is 16.9 Å². The van der Waals surface area contributed by atoms with Gasteiger partial charge in [0.15, 0.2) is 11.5 Å². The zero-order valence-electron chi connectivity index (χ0n) is 20.6. The van der Waals surface area contributed by atoms with Crippen LogP contribution in [0, 0.1) is 11.3 Å². The van der Waals surface area contributed by atoms with Gasteiger partial charge in [-0.25, -0.2) is 9.37 Å². The van der Waals surface area contributed by atoms with E-state index in [1.165, 1.54) is 0 Å². The lowest BCUT2D eigenvalue weighted by atomic mass is 9.98. The fourth-order valence-electron chi connectivity index (χ4n) is 4.34. The van der Waals surface area contributed by atoms with E-state index < -0.39 is 6.67 Å². The number of anilines is 1. The standard InChI is InChI=1S/C27H27FN6O3/c1-35-25-13-19(2-5-24(25)37-18-20-15-31-34(17-20)7-6-28)12-21-3-4-23-27(22(21)14-29)32-26(16-30-23)33-8-10-36-11-9-33/h2-5,13,15-17H,6-12,18H2,1H3. The number of benzene rings is 2. The highest BCUT2D eigenvalue weighted by atomic mass is 19.1. The number of nitrogens with zero attached hydrogens (tertiary/aromatic N) is 6. The van der Waals surface area contributed by atoms with E-state index in [4.69, 9.17) is 19.2 Å². The number of aryl methyl sites for hydroxylation is 1. The van der Waals surface area contributed by atoms with Gasteiger partial charge in [0.25, 0.3) is 0 Å². The van der Waals surface area contributed by atoms with Crippen LogP contribution >= 0.6 is 0 Å². The van der Waals surface area contributed by atoms with Gasteiger partial charge in [-0.15, -0.1) is 0 Å². The van der Waals surface area contributed by atoms with Crippen LogP contribution in [0.15, 0.2) is 48.9 Å². The molecule has 0 saturated carbocycles. The highest BCUT2D eigenvalue weighted by molar-refractivity contribution is 5.83. The van der Waals surface area contributed by atoms with Crippen LogP contribution in [0.4, 0.5) is 10.2 Å². The zero-order chi connectivity index (χ0) is 25.6. The molecule has 0 N–H and O–H groups in total. The van der Waals surface area contributed by atoms with Crippen molar-refractivity contribution in [1.82, 2.24) is 19.7 Å². The number of morpholine rings is 1. The summed E-state index contributed by atoms with van der Waals surface area (Å²) in [6.45, 7) is 2.83. The second-order valence-electron chi connectivity index (χ2n) is 8.66. The number of nitriles is 1. The van der Waals surface area contributed by atoms with Crippen molar-refractivity contribution in [3.05, 3.63) is 71.2 Å². The average Bonchev–Trinajstić information content (AvgIpc) is 3.39. The highest BCUT2D eigenvalue weighted by Crippen LogP contribution is 2.31. The average molecular weight is 503 g/mol. The van der Waals surface area contributed by atoms with Gasteiger partial charge >= 0.3 is 0 Å². The molecule has 0 spiro atoms. The Morgan fingerprint density at radius 3 is 2.76 bits per heavy atom. The Morgan fingerprint density at radius 2 is 1.97 bits per heavy atom. The van der Waals surface area contributed by atoms with Crippen LogP contribution in [-0.2, 0) is 24.3 Å². The van der Waals surface area contributed by atoms with Crippen molar-refractivity contribution in [3.8, 4) is 17.6 Å². The maximum Gasteiger partial charge on any atom is 0.161 e. The minimum absolute atomic E-state index is 0.220. The fraction of sp³-hybridized carbons (Fsp3) is 0.333. The normalized spacial score (nSPS) is 13.5. The van der Waals surface area contributed by atoms with Gasteiger partial charge in [-0.2, -0.15) is 10.4 Å². The van der Waals surface area contributed by atoms with E-state index in [0.29, 0.717) is 47.7 Å². The molecule has 1 fully saturated rings. The monoisotopic (exact) mass is 502 g/mol. The van der Waals surface area contributed by atoms with Crippen molar-refractivity contribution in [2.75, 3.05) is 45.0 Å². The predicted octanol–water partition coefficient (Wildman–Crippen LogP) is 3.68. The third-order valence-electron chi connectivity index (χ3n) is 6.25. The molecule has 37 heavy (non-hydrogen) atoms. The smallest absolute Gasteiger partial charge is 0.161 e. The molecule has 0 amide bonds. The van der Waals surface area contributed by atoms with Gasteiger partial charge in [-0.3, -0.25) is 9.67 Å². The largest absolute Gasteiger partial charge is 0.493 e. The molecule has 0 unspecified atom stereocenters. The first-order valence-corrected chi connectivity index (χ1v) is 12.1. The summed E-state index contributed by atoms with van der Waals surface area (Å²) in [5, 5.41) is 14.1. The van der Waals surface area contributed by atoms with Crippen LogP contribution in [0.1, 0.15) is 22.3 Å². The van der Waals surface area contributed by atoms with Crippen molar-refractivity contribution in [2.24, 2.45) is 0 Å². The van der Waals surface area contributed by atoms with E-state index in [0.717, 1.165) is 35.6 Å². The zero-order valence-corrected chi connectivity index (χ0v) is 20.6. The molecule has 5 rings (SSSR count). The molecule has 9 nitrogen and oxygen atoms in total. The van der Waals surface area contributed by atoms with Gasteiger partial charge in [0.05, 0.1) is 50.3 Å². The third-order valence-corrected chi connectivity index (χ3v) is 6.25. The van der Waals surface area contributed by atoms with Gasteiger partial charge in [0, 0.05) is 24.8 Å². The van der Waals surface area contributed by atoms with E-state index in [1.807, 2.05) is 30.3 Å². The van der Waals surface area contributed by atoms with Crippen LogP contribution in [0.5, 0.6) is 11.5 Å². The Bertz CT molecular complexity index is 1430. The highest BCUT2D eigenvalue weighted by Gasteiger charge is 2.17. The summed E-state index contributed by atoms with van der Waals surface area (Å²) in [7, 11) is 1.59. The number of aromatic nitrogens is 4. The van der Waals surface area contributed by atoms with Crippen LogP contribution in [0.2, 0.25) is 0 Å². The molecule has 4 aromatic rings. The molecule has 0 atom stereocenters. The first kappa shape index (κ1) is 24.5. The van der Waals surface area contributed by atoms with E-state index in [2.05, 4.69) is 21.1 Å². The van der Waals surface area contributed by atoms with Gasteiger partial charge in [0.1, 0.15) is 30.7 Å². The SMILES string of the molecule is COc1cc(Cc2ccc3ncc(N4CCOCC4)nc3c2C#N)ccc1OCc1cnn(CCF)c1. The first-order chi connectivity index (χ1) is 18.2. The van der Waals surface area contributed by atoms with E-state index in [1.54, 1.807) is 30.4 Å². The van der Waals surface area contributed by atoms with Crippen molar-refractivity contribution < 1.29 is 18.6 Å². The topological polar surface area (TPSA) is 98.3 Å². The molecule has 3 heterocycles. The van der Waals surface area contributed by atoms with Crippen LogP contribution in [0.3, 0.4) is 0 Å². The minimum Gasteiger partial charge on any atom is -0.493 e. The molecule has 2 aromatic carbocycles. The van der Waals surface area contributed by atoms with Gasteiger partial charge in [-0.05, 0) is 35.7 Å². The van der Waals surface area contributed by atoms with E-state index >= 15 is 0 Å². The Hall–Kier alpha value is -4.23. The van der Waals surface area contributed by atoms with Gasteiger partial charge in [-0.1, -0.05) is 12.1 Å². The molecular weight excluding hydrogens is 475 g/mol. The Kier molecular flexibility index (Phi) is 7.42. The quantitative estimate of drug-likeness (QED) is 0.342. The number of hydrogen-bond donors (Lipinski definition) is 0. The summed E-state index contributed by atoms with van der Waals surface area (Å²) >= 11 is 0. The van der Waals surface area contributed by atoms with E-state index in [-0.39, 0.29) is 13.2 Å². The lowest BCUT2D eigenvalue weighted by molar-refractivity contribution is 0.122. The van der Waals surface area contributed by atoms with Gasteiger partial charge < -0.3 is 19.1 Å². The number of fused-ring (bicyclic) bond motifs is 1. The van der Waals surface area contributed by atoms with Crippen molar-refractivity contribution in [1.29, 1.82) is 5.26 Å². The molecule has 2 aromatic heterocycles. The Morgan fingerprint density at radius 1 is 1.11 bits per heavy atom. The van der Waals surface area contributed by atoms with Crippen LogP contribution in [-0.4, -0.2) is 59.8 Å². The lowest BCUT2D eigenvalue weighted by Gasteiger charge is -2.27. The van der Waals surface area contributed by atoms with Crippen LogP contribution < -0.4 is 14.4 Å². The number of alkyl halides is 1.